The molecular formula is C23H28N4O. The SMILES string of the molecule is C[C@@H]1CCC[C@H](C)N1C(=O)Cn1c(NCc2ccccc2)nc2ccccc21. The predicted molar refractivity (Wildman–Crippen MR) is 113 cm³/mol. The molecule has 0 spiro atoms. The van der Waals surface area contributed by atoms with Crippen LogP contribution in [0.4, 0.5) is 5.95 Å². The molecule has 2 heterocycles. The minimum atomic E-state index is 0.172. The summed E-state index contributed by atoms with van der Waals surface area (Å²) in [6.07, 6.45) is 3.36. The van der Waals surface area contributed by atoms with Crippen LogP contribution < -0.4 is 5.32 Å². The van der Waals surface area contributed by atoms with Crippen LogP contribution >= 0.6 is 0 Å². The van der Waals surface area contributed by atoms with Gasteiger partial charge in [0.1, 0.15) is 6.54 Å². The van der Waals surface area contributed by atoms with Gasteiger partial charge in [-0.15, -0.1) is 0 Å². The third-order valence-corrected chi connectivity index (χ3v) is 5.72. The molecule has 0 unspecified atom stereocenters. The van der Waals surface area contributed by atoms with Gasteiger partial charge in [-0.2, -0.15) is 0 Å². The maximum atomic E-state index is 13.2. The Morgan fingerprint density at radius 2 is 1.71 bits per heavy atom. The molecule has 0 radical (unpaired) electrons. The molecule has 1 N–H and O–H groups in total. The van der Waals surface area contributed by atoms with E-state index in [2.05, 4.69) is 36.2 Å². The Morgan fingerprint density at radius 3 is 2.46 bits per heavy atom. The highest BCUT2D eigenvalue weighted by Gasteiger charge is 2.29. The Labute approximate surface area is 166 Å². The summed E-state index contributed by atoms with van der Waals surface area (Å²) in [4.78, 5) is 20.0. The lowest BCUT2D eigenvalue weighted by atomic mass is 9.97. The van der Waals surface area contributed by atoms with E-state index in [-0.39, 0.29) is 5.91 Å². The van der Waals surface area contributed by atoms with Gasteiger partial charge in [0.25, 0.3) is 0 Å². The number of anilines is 1. The molecule has 4 rings (SSSR count). The number of piperidine rings is 1. The van der Waals surface area contributed by atoms with Gasteiger partial charge in [-0.25, -0.2) is 4.98 Å². The molecule has 1 aromatic heterocycles. The van der Waals surface area contributed by atoms with Gasteiger partial charge < -0.3 is 14.8 Å². The van der Waals surface area contributed by atoms with Crippen LogP contribution in [0.5, 0.6) is 0 Å². The number of hydrogen-bond donors (Lipinski definition) is 1. The minimum absolute atomic E-state index is 0.172. The summed E-state index contributed by atoms with van der Waals surface area (Å²) in [6, 6.07) is 18.9. The number of likely N-dealkylation sites (tertiary alicyclic amines) is 1. The third kappa shape index (κ3) is 3.75. The van der Waals surface area contributed by atoms with Crippen molar-refractivity contribution < 1.29 is 4.79 Å². The van der Waals surface area contributed by atoms with Crippen LogP contribution in [0.15, 0.2) is 54.6 Å². The summed E-state index contributed by atoms with van der Waals surface area (Å²) in [5.41, 5.74) is 3.08. The average molecular weight is 377 g/mol. The van der Waals surface area contributed by atoms with E-state index in [1.54, 1.807) is 0 Å². The van der Waals surface area contributed by atoms with E-state index in [0.29, 0.717) is 25.2 Å². The van der Waals surface area contributed by atoms with Crippen molar-refractivity contribution in [3.05, 3.63) is 60.2 Å². The lowest BCUT2D eigenvalue weighted by Crippen LogP contribution is -2.48. The van der Waals surface area contributed by atoms with Gasteiger partial charge in [0.15, 0.2) is 0 Å². The first-order valence-corrected chi connectivity index (χ1v) is 10.2. The van der Waals surface area contributed by atoms with Gasteiger partial charge in [-0.3, -0.25) is 4.79 Å². The Bertz CT molecular complexity index is 940. The molecule has 28 heavy (non-hydrogen) atoms. The fraction of sp³-hybridized carbons (Fsp3) is 0.391. The number of amides is 1. The van der Waals surface area contributed by atoms with E-state index in [1.807, 2.05) is 47.0 Å². The van der Waals surface area contributed by atoms with Crippen molar-refractivity contribution in [3.63, 3.8) is 0 Å². The predicted octanol–water partition coefficient (Wildman–Crippen LogP) is 4.44. The minimum Gasteiger partial charge on any atom is -0.352 e. The maximum Gasteiger partial charge on any atom is 0.243 e. The van der Waals surface area contributed by atoms with E-state index in [1.165, 1.54) is 12.0 Å². The number of rotatable bonds is 5. The zero-order chi connectivity index (χ0) is 19.5. The van der Waals surface area contributed by atoms with Crippen molar-refractivity contribution in [1.29, 1.82) is 0 Å². The van der Waals surface area contributed by atoms with E-state index < -0.39 is 0 Å². The number of nitrogens with zero attached hydrogens (tertiary/aromatic N) is 3. The molecule has 3 aromatic rings. The topological polar surface area (TPSA) is 50.2 Å². The molecule has 1 aliphatic rings. The van der Waals surface area contributed by atoms with E-state index in [9.17, 15) is 4.79 Å². The number of hydrogen-bond acceptors (Lipinski definition) is 3. The number of imidazole rings is 1. The van der Waals surface area contributed by atoms with Crippen molar-refractivity contribution in [2.45, 2.75) is 58.3 Å². The Morgan fingerprint density at radius 1 is 1.04 bits per heavy atom. The Hall–Kier alpha value is -2.82. The molecule has 1 saturated heterocycles. The summed E-state index contributed by atoms with van der Waals surface area (Å²) >= 11 is 0. The van der Waals surface area contributed by atoms with Crippen LogP contribution in [0.3, 0.4) is 0 Å². The van der Waals surface area contributed by atoms with E-state index in [4.69, 9.17) is 4.98 Å². The number of nitrogens with one attached hydrogen (secondary N) is 1. The normalized spacial score (nSPS) is 19.7. The second kappa shape index (κ2) is 8.05. The number of carbonyl (C=O) groups is 1. The van der Waals surface area contributed by atoms with Crippen molar-refractivity contribution in [3.8, 4) is 0 Å². The quantitative estimate of drug-likeness (QED) is 0.716. The van der Waals surface area contributed by atoms with Crippen molar-refractivity contribution in [1.82, 2.24) is 14.5 Å². The van der Waals surface area contributed by atoms with Crippen molar-refractivity contribution >= 4 is 22.9 Å². The van der Waals surface area contributed by atoms with Crippen LogP contribution in [0.2, 0.25) is 0 Å². The largest absolute Gasteiger partial charge is 0.352 e. The third-order valence-electron chi connectivity index (χ3n) is 5.72. The number of benzene rings is 2. The fourth-order valence-electron chi connectivity index (χ4n) is 4.28. The number of para-hydroxylation sites is 2. The number of aromatic nitrogens is 2. The van der Waals surface area contributed by atoms with Crippen LogP contribution in [-0.4, -0.2) is 32.4 Å². The standard InChI is InChI=1S/C23H28N4O/c1-17-9-8-10-18(2)27(17)22(28)16-26-21-14-7-6-13-20(21)25-23(26)24-15-19-11-4-3-5-12-19/h3-7,11-14,17-18H,8-10,15-16H2,1-2H3,(H,24,25)/t17-,18+. The second-order valence-electron chi connectivity index (χ2n) is 7.78. The Balaban J connectivity index is 1.60. The molecule has 146 valence electrons. The zero-order valence-corrected chi connectivity index (χ0v) is 16.6. The molecule has 2 aromatic carbocycles. The van der Waals surface area contributed by atoms with Gasteiger partial charge in [-0.1, -0.05) is 42.5 Å². The molecule has 1 amide bonds. The summed E-state index contributed by atoms with van der Waals surface area (Å²) in [6.45, 7) is 5.31. The van der Waals surface area contributed by atoms with Crippen molar-refractivity contribution in [2.75, 3.05) is 5.32 Å². The highest BCUT2D eigenvalue weighted by molar-refractivity contribution is 5.83. The lowest BCUT2D eigenvalue weighted by molar-refractivity contribution is -0.137. The molecule has 5 nitrogen and oxygen atoms in total. The van der Waals surface area contributed by atoms with Crippen LogP contribution in [0.1, 0.15) is 38.7 Å². The second-order valence-corrected chi connectivity index (χ2v) is 7.78. The van der Waals surface area contributed by atoms with Gasteiger partial charge >= 0.3 is 0 Å². The maximum absolute atomic E-state index is 13.2. The highest BCUT2D eigenvalue weighted by Crippen LogP contribution is 2.25. The summed E-state index contributed by atoms with van der Waals surface area (Å²) < 4.78 is 2.02. The smallest absolute Gasteiger partial charge is 0.243 e. The highest BCUT2D eigenvalue weighted by atomic mass is 16.2. The molecule has 2 atom stereocenters. The van der Waals surface area contributed by atoms with E-state index >= 15 is 0 Å². The van der Waals surface area contributed by atoms with Crippen LogP contribution in [-0.2, 0) is 17.9 Å². The summed E-state index contributed by atoms with van der Waals surface area (Å²) in [5, 5.41) is 3.43. The monoisotopic (exact) mass is 376 g/mol. The number of carbonyl (C=O) groups excluding carboxylic acids is 1. The van der Waals surface area contributed by atoms with Gasteiger partial charge in [0, 0.05) is 18.6 Å². The van der Waals surface area contributed by atoms with Crippen LogP contribution in [0.25, 0.3) is 11.0 Å². The molecule has 5 heteroatoms. The molecule has 1 fully saturated rings. The molecule has 0 saturated carbocycles. The first kappa shape index (κ1) is 18.5. The number of fused-ring (bicyclic) bond motifs is 1. The first-order chi connectivity index (χ1) is 13.6. The molecule has 0 bridgehead atoms. The summed E-state index contributed by atoms with van der Waals surface area (Å²) in [5.74, 6) is 0.918. The fourth-order valence-corrected chi connectivity index (χ4v) is 4.28. The Kier molecular flexibility index (Phi) is 5.33. The van der Waals surface area contributed by atoms with Gasteiger partial charge in [0.2, 0.25) is 11.9 Å². The van der Waals surface area contributed by atoms with Gasteiger partial charge in [-0.05, 0) is 50.8 Å². The first-order valence-electron chi connectivity index (χ1n) is 10.2. The molecular weight excluding hydrogens is 348 g/mol. The lowest BCUT2D eigenvalue weighted by Gasteiger charge is -2.39. The van der Waals surface area contributed by atoms with Gasteiger partial charge in [0.05, 0.1) is 11.0 Å². The summed E-state index contributed by atoms with van der Waals surface area (Å²) in [7, 11) is 0. The molecule has 1 aliphatic heterocycles. The molecule has 0 aliphatic carbocycles. The zero-order valence-electron chi connectivity index (χ0n) is 16.6. The van der Waals surface area contributed by atoms with E-state index in [0.717, 1.165) is 29.8 Å². The van der Waals surface area contributed by atoms with Crippen LogP contribution in [0, 0.1) is 0 Å². The van der Waals surface area contributed by atoms with Crippen molar-refractivity contribution in [2.24, 2.45) is 0 Å². The average Bonchev–Trinajstić information content (AvgIpc) is 3.04.